The fraction of sp³-hybridized carbons (Fsp3) is 0.381. The minimum Gasteiger partial charge on any atom is -0.494 e. The molecule has 2 aromatic rings. The molecule has 146 valence electrons. The first-order valence-electron chi connectivity index (χ1n) is 9.29. The van der Waals surface area contributed by atoms with E-state index in [1.54, 1.807) is 28.1 Å². The number of hydrogen-bond acceptors (Lipinski definition) is 4. The van der Waals surface area contributed by atoms with Crippen LogP contribution in [0.5, 0.6) is 5.75 Å². The number of likely N-dealkylation sites (tertiary alicyclic amines) is 2. The first-order valence-corrected chi connectivity index (χ1v) is 9.29. The molecule has 0 saturated carbocycles. The molecule has 3 heterocycles. The molecule has 28 heavy (non-hydrogen) atoms. The molecule has 1 aromatic heterocycles. The van der Waals surface area contributed by atoms with Crippen LogP contribution in [-0.4, -0.2) is 53.3 Å². The Labute approximate surface area is 162 Å². The summed E-state index contributed by atoms with van der Waals surface area (Å²) >= 11 is 0. The number of hydrogen-bond donors (Lipinski definition) is 0. The fourth-order valence-electron chi connectivity index (χ4n) is 4.54. The van der Waals surface area contributed by atoms with Gasteiger partial charge in [0.05, 0.1) is 24.9 Å². The number of amides is 2. The average Bonchev–Trinajstić information content (AvgIpc) is 3.25. The molecule has 0 bridgehead atoms. The highest BCUT2D eigenvalue weighted by Gasteiger charge is 2.49. The largest absolute Gasteiger partial charge is 0.494 e. The van der Waals surface area contributed by atoms with Gasteiger partial charge in [-0.15, -0.1) is 0 Å². The molecule has 6 nitrogen and oxygen atoms in total. The van der Waals surface area contributed by atoms with Crippen molar-refractivity contribution in [1.29, 1.82) is 0 Å². The molecular formula is C21H22FN3O3. The lowest BCUT2D eigenvalue weighted by Crippen LogP contribution is -2.36. The van der Waals surface area contributed by atoms with Crippen molar-refractivity contribution >= 4 is 11.8 Å². The van der Waals surface area contributed by atoms with E-state index in [4.69, 9.17) is 4.74 Å². The molecule has 0 spiro atoms. The van der Waals surface area contributed by atoms with Gasteiger partial charge in [0, 0.05) is 44.6 Å². The number of fused-ring (bicyclic) bond motifs is 1. The zero-order chi connectivity index (χ0) is 19.8. The molecule has 0 radical (unpaired) electrons. The number of ether oxygens (including phenoxy) is 1. The summed E-state index contributed by atoms with van der Waals surface area (Å²) in [6, 6.07) is 7.82. The standard InChI is InChI=1S/C21H22FN3O3/c1-13(26)25-11-15-10-24(21(27)17-6-7-23-9-19(17)28-2)12-18(15)20(25)14-4-3-5-16(22)8-14/h3-9,15,18,20H,10-12H2,1-2H3/t15-,18-,20+/m1/s1. The number of benzene rings is 1. The number of methoxy groups -OCH3 is 1. The van der Waals surface area contributed by atoms with Crippen LogP contribution >= 0.6 is 0 Å². The third-order valence-electron chi connectivity index (χ3n) is 5.78. The third kappa shape index (κ3) is 3.10. The summed E-state index contributed by atoms with van der Waals surface area (Å²) in [5.74, 6) is 0.211. The molecule has 1 aromatic carbocycles. The Bertz CT molecular complexity index is 919. The normalized spacial score (nSPS) is 23.6. The highest BCUT2D eigenvalue weighted by molar-refractivity contribution is 5.97. The summed E-state index contributed by atoms with van der Waals surface area (Å²) in [6.07, 6.45) is 3.09. The summed E-state index contributed by atoms with van der Waals surface area (Å²) < 4.78 is 19.1. The predicted octanol–water partition coefficient (Wildman–Crippen LogP) is 2.52. The maximum atomic E-state index is 13.8. The quantitative estimate of drug-likeness (QED) is 0.817. The van der Waals surface area contributed by atoms with Gasteiger partial charge in [-0.05, 0) is 23.8 Å². The van der Waals surface area contributed by atoms with Crippen LogP contribution in [0.15, 0.2) is 42.7 Å². The lowest BCUT2D eigenvalue weighted by Gasteiger charge is -2.29. The van der Waals surface area contributed by atoms with Crippen LogP contribution in [0.25, 0.3) is 0 Å². The van der Waals surface area contributed by atoms with Gasteiger partial charge in [-0.25, -0.2) is 4.39 Å². The maximum Gasteiger partial charge on any atom is 0.257 e. The highest BCUT2D eigenvalue weighted by Crippen LogP contribution is 2.45. The molecule has 2 aliphatic heterocycles. The van der Waals surface area contributed by atoms with E-state index in [0.717, 1.165) is 5.56 Å². The SMILES string of the molecule is COc1cnccc1C(=O)N1C[C@@H]2CN(C(C)=O)[C@@H](c3cccc(F)c3)[C@@H]2C1. The third-order valence-corrected chi connectivity index (χ3v) is 5.78. The fourth-order valence-corrected chi connectivity index (χ4v) is 4.54. The first-order chi connectivity index (χ1) is 13.5. The second kappa shape index (κ2) is 7.22. The summed E-state index contributed by atoms with van der Waals surface area (Å²) in [7, 11) is 1.51. The van der Waals surface area contributed by atoms with E-state index in [1.165, 1.54) is 32.4 Å². The van der Waals surface area contributed by atoms with Crippen molar-refractivity contribution in [2.24, 2.45) is 11.8 Å². The van der Waals surface area contributed by atoms with Crippen molar-refractivity contribution in [2.45, 2.75) is 13.0 Å². The molecule has 2 aliphatic rings. The predicted molar refractivity (Wildman–Crippen MR) is 100 cm³/mol. The van der Waals surface area contributed by atoms with E-state index in [-0.39, 0.29) is 35.5 Å². The average molecular weight is 383 g/mol. The molecule has 0 unspecified atom stereocenters. The van der Waals surface area contributed by atoms with Gasteiger partial charge in [-0.1, -0.05) is 12.1 Å². The van der Waals surface area contributed by atoms with Crippen LogP contribution in [0, 0.1) is 17.7 Å². The number of rotatable bonds is 3. The summed E-state index contributed by atoms with van der Waals surface area (Å²) in [5, 5.41) is 0. The molecule has 4 rings (SSSR count). The van der Waals surface area contributed by atoms with Crippen molar-refractivity contribution in [3.63, 3.8) is 0 Å². The van der Waals surface area contributed by atoms with Crippen molar-refractivity contribution < 1.29 is 18.7 Å². The second-order valence-electron chi connectivity index (χ2n) is 7.38. The number of nitrogens with zero attached hydrogens (tertiary/aromatic N) is 3. The van der Waals surface area contributed by atoms with E-state index < -0.39 is 0 Å². The first kappa shape index (κ1) is 18.4. The van der Waals surface area contributed by atoms with Gasteiger partial charge in [-0.2, -0.15) is 0 Å². The smallest absolute Gasteiger partial charge is 0.257 e. The van der Waals surface area contributed by atoms with Crippen LogP contribution in [0.2, 0.25) is 0 Å². The topological polar surface area (TPSA) is 62.7 Å². The van der Waals surface area contributed by atoms with Crippen LogP contribution in [-0.2, 0) is 4.79 Å². The van der Waals surface area contributed by atoms with Crippen molar-refractivity contribution in [3.8, 4) is 5.75 Å². The van der Waals surface area contributed by atoms with E-state index in [9.17, 15) is 14.0 Å². The molecular weight excluding hydrogens is 361 g/mol. The number of pyridine rings is 1. The Morgan fingerprint density at radius 2 is 2.04 bits per heavy atom. The maximum absolute atomic E-state index is 13.8. The van der Waals surface area contributed by atoms with Gasteiger partial charge in [-0.3, -0.25) is 14.6 Å². The van der Waals surface area contributed by atoms with Crippen LogP contribution < -0.4 is 4.74 Å². The molecule has 3 atom stereocenters. The van der Waals surface area contributed by atoms with E-state index >= 15 is 0 Å². The Hall–Kier alpha value is -2.96. The van der Waals surface area contributed by atoms with Crippen LogP contribution in [0.1, 0.15) is 28.9 Å². The number of carbonyl (C=O) groups is 2. The van der Waals surface area contributed by atoms with E-state index in [0.29, 0.717) is 30.9 Å². The van der Waals surface area contributed by atoms with Gasteiger partial charge in [0.15, 0.2) is 0 Å². The van der Waals surface area contributed by atoms with Crippen LogP contribution in [0.3, 0.4) is 0 Å². The van der Waals surface area contributed by atoms with Gasteiger partial charge in [0.25, 0.3) is 5.91 Å². The molecule has 0 N–H and O–H groups in total. The van der Waals surface area contributed by atoms with Gasteiger partial charge >= 0.3 is 0 Å². The number of carbonyl (C=O) groups excluding carboxylic acids is 2. The Balaban J connectivity index is 1.61. The number of halogens is 1. The zero-order valence-corrected chi connectivity index (χ0v) is 15.8. The highest BCUT2D eigenvalue weighted by atomic mass is 19.1. The molecule has 0 aliphatic carbocycles. The molecule has 2 amide bonds. The second-order valence-corrected chi connectivity index (χ2v) is 7.38. The van der Waals surface area contributed by atoms with Crippen molar-refractivity contribution in [1.82, 2.24) is 14.8 Å². The minimum absolute atomic E-state index is 0.0302. The van der Waals surface area contributed by atoms with Gasteiger partial charge < -0.3 is 14.5 Å². The Morgan fingerprint density at radius 1 is 1.21 bits per heavy atom. The molecule has 7 heteroatoms. The molecule has 2 saturated heterocycles. The lowest BCUT2D eigenvalue weighted by molar-refractivity contribution is -0.130. The van der Waals surface area contributed by atoms with Crippen molar-refractivity contribution in [3.05, 3.63) is 59.7 Å². The minimum atomic E-state index is -0.322. The van der Waals surface area contributed by atoms with Gasteiger partial charge in [0.2, 0.25) is 5.91 Å². The summed E-state index contributed by atoms with van der Waals surface area (Å²) in [5.41, 5.74) is 1.25. The lowest BCUT2D eigenvalue weighted by atomic mass is 9.89. The van der Waals surface area contributed by atoms with E-state index in [1.807, 2.05) is 6.07 Å². The monoisotopic (exact) mass is 383 g/mol. The zero-order valence-electron chi connectivity index (χ0n) is 15.8. The Kier molecular flexibility index (Phi) is 4.75. The van der Waals surface area contributed by atoms with Gasteiger partial charge in [0.1, 0.15) is 11.6 Å². The van der Waals surface area contributed by atoms with Crippen LogP contribution in [0.4, 0.5) is 4.39 Å². The Morgan fingerprint density at radius 3 is 2.75 bits per heavy atom. The van der Waals surface area contributed by atoms with E-state index in [2.05, 4.69) is 4.98 Å². The summed E-state index contributed by atoms with van der Waals surface area (Å²) in [4.78, 5) is 32.8. The molecule has 2 fully saturated rings. The number of aromatic nitrogens is 1. The summed E-state index contributed by atoms with van der Waals surface area (Å²) in [6.45, 7) is 3.18. The van der Waals surface area contributed by atoms with Crippen molar-refractivity contribution in [2.75, 3.05) is 26.7 Å².